The van der Waals surface area contributed by atoms with Crippen molar-refractivity contribution in [3.8, 4) is 0 Å². The largest absolute Gasteiger partial charge is 0.413 e. The summed E-state index contributed by atoms with van der Waals surface area (Å²) < 4.78 is 19.7. The smallest absolute Gasteiger partial charge is 0.192 e. The van der Waals surface area contributed by atoms with Gasteiger partial charge in [-0.3, -0.25) is 4.90 Å². The number of hydrogen-bond acceptors (Lipinski definition) is 4. The van der Waals surface area contributed by atoms with Crippen molar-refractivity contribution in [3.63, 3.8) is 0 Å². The van der Waals surface area contributed by atoms with Crippen LogP contribution in [0.3, 0.4) is 0 Å². The molecule has 3 atom stereocenters. The molecular formula is C22H39NO3Si. The van der Waals surface area contributed by atoms with Gasteiger partial charge in [-0.25, -0.2) is 0 Å². The molecule has 0 aromatic rings. The second kappa shape index (κ2) is 7.41. The molecule has 3 fully saturated rings. The molecule has 2 saturated heterocycles. The summed E-state index contributed by atoms with van der Waals surface area (Å²) in [6.45, 7) is 23.0. The van der Waals surface area contributed by atoms with E-state index < -0.39 is 14.1 Å². The normalized spacial score (nSPS) is 34.4. The molecule has 1 aliphatic carbocycles. The van der Waals surface area contributed by atoms with E-state index in [1.807, 2.05) is 6.08 Å². The minimum Gasteiger partial charge on any atom is -0.413 e. The lowest BCUT2D eigenvalue weighted by Crippen LogP contribution is -2.71. The molecule has 154 valence electrons. The number of nitrogens with zero attached hydrogens (tertiary/aromatic N) is 1. The van der Waals surface area contributed by atoms with Gasteiger partial charge in [-0.15, -0.1) is 13.2 Å². The van der Waals surface area contributed by atoms with Crippen LogP contribution in [0.1, 0.15) is 46.5 Å². The number of likely N-dealkylation sites (tertiary alicyclic amines) is 1. The van der Waals surface area contributed by atoms with E-state index in [1.54, 1.807) is 0 Å². The third-order valence-corrected chi connectivity index (χ3v) is 12.0. The summed E-state index contributed by atoms with van der Waals surface area (Å²) in [5, 5.41) is 0.199. The number of fused-ring (bicyclic) bond motifs is 3. The molecule has 0 aromatic heterocycles. The van der Waals surface area contributed by atoms with Crippen molar-refractivity contribution in [2.45, 2.75) is 82.0 Å². The third-order valence-electron chi connectivity index (χ3n) is 7.45. The van der Waals surface area contributed by atoms with E-state index in [0.29, 0.717) is 0 Å². The van der Waals surface area contributed by atoms with E-state index in [2.05, 4.69) is 58.0 Å². The molecule has 0 radical (unpaired) electrons. The van der Waals surface area contributed by atoms with Gasteiger partial charge in [-0.05, 0) is 43.8 Å². The van der Waals surface area contributed by atoms with Gasteiger partial charge >= 0.3 is 0 Å². The van der Waals surface area contributed by atoms with Gasteiger partial charge in [-0.1, -0.05) is 32.9 Å². The van der Waals surface area contributed by atoms with Crippen LogP contribution in [0, 0.1) is 5.92 Å². The molecule has 2 aliphatic heterocycles. The Kier molecular flexibility index (Phi) is 5.84. The molecule has 0 aromatic carbocycles. The Morgan fingerprint density at radius 2 is 1.89 bits per heavy atom. The predicted molar refractivity (Wildman–Crippen MR) is 113 cm³/mol. The molecule has 2 heterocycles. The first kappa shape index (κ1) is 21.3. The summed E-state index contributed by atoms with van der Waals surface area (Å²) in [4.78, 5) is 2.47. The molecule has 4 nitrogen and oxygen atoms in total. The SMILES string of the molecule is C=CCN1CC2(OCCCO2)[C@@H]2C[C@@]1(C=C)CCC2O[Si](C)(C)C(C)(C)C. The van der Waals surface area contributed by atoms with Gasteiger partial charge in [0.15, 0.2) is 14.1 Å². The fourth-order valence-corrected chi connectivity index (χ4v) is 6.18. The Morgan fingerprint density at radius 1 is 1.22 bits per heavy atom. The van der Waals surface area contributed by atoms with Crippen LogP contribution in [-0.2, 0) is 13.9 Å². The van der Waals surface area contributed by atoms with Crippen molar-refractivity contribution in [1.82, 2.24) is 4.90 Å². The Hall–Kier alpha value is -0.463. The quantitative estimate of drug-likeness (QED) is 0.499. The van der Waals surface area contributed by atoms with Gasteiger partial charge in [0.1, 0.15) is 0 Å². The summed E-state index contributed by atoms with van der Waals surface area (Å²) in [6, 6.07) is 0. The van der Waals surface area contributed by atoms with Crippen molar-refractivity contribution >= 4 is 8.32 Å². The topological polar surface area (TPSA) is 30.9 Å². The average molecular weight is 394 g/mol. The second-order valence-electron chi connectivity index (χ2n) is 10.1. The molecule has 3 rings (SSSR count). The summed E-state index contributed by atoms with van der Waals surface area (Å²) in [5.74, 6) is -0.305. The molecule has 1 spiro atoms. The van der Waals surface area contributed by atoms with Crippen LogP contribution in [0.2, 0.25) is 18.1 Å². The highest BCUT2D eigenvalue weighted by Crippen LogP contribution is 2.52. The first-order valence-electron chi connectivity index (χ1n) is 10.5. The molecule has 5 heteroatoms. The highest BCUT2D eigenvalue weighted by molar-refractivity contribution is 6.74. The first-order valence-corrected chi connectivity index (χ1v) is 13.5. The monoisotopic (exact) mass is 393 g/mol. The van der Waals surface area contributed by atoms with E-state index in [9.17, 15) is 0 Å². The van der Waals surface area contributed by atoms with Crippen LogP contribution < -0.4 is 0 Å². The van der Waals surface area contributed by atoms with Crippen molar-refractivity contribution < 1.29 is 13.9 Å². The second-order valence-corrected chi connectivity index (χ2v) is 14.9. The highest BCUT2D eigenvalue weighted by atomic mass is 28.4. The van der Waals surface area contributed by atoms with E-state index >= 15 is 0 Å². The molecule has 2 bridgehead atoms. The lowest BCUT2D eigenvalue weighted by atomic mass is 9.66. The number of hydrogen-bond donors (Lipinski definition) is 0. The zero-order valence-electron chi connectivity index (χ0n) is 18.1. The fraction of sp³-hybridized carbons (Fsp3) is 0.818. The maximum Gasteiger partial charge on any atom is 0.192 e. The molecule has 1 saturated carbocycles. The summed E-state index contributed by atoms with van der Waals surface area (Å²) in [5.41, 5.74) is 0.00155. The van der Waals surface area contributed by atoms with Crippen LogP contribution >= 0.6 is 0 Å². The zero-order chi connectivity index (χ0) is 19.9. The molecule has 27 heavy (non-hydrogen) atoms. The van der Waals surface area contributed by atoms with E-state index in [4.69, 9.17) is 13.9 Å². The summed E-state index contributed by atoms with van der Waals surface area (Å²) in [7, 11) is -1.86. The molecule has 0 N–H and O–H groups in total. The minimum absolute atomic E-state index is 0.00155. The Morgan fingerprint density at radius 3 is 2.44 bits per heavy atom. The highest BCUT2D eigenvalue weighted by Gasteiger charge is 2.60. The van der Waals surface area contributed by atoms with E-state index in [-0.39, 0.29) is 22.6 Å². The lowest BCUT2D eigenvalue weighted by molar-refractivity contribution is -0.337. The van der Waals surface area contributed by atoms with Crippen molar-refractivity contribution in [2.75, 3.05) is 26.3 Å². The van der Waals surface area contributed by atoms with Gasteiger partial charge in [0.2, 0.25) is 0 Å². The summed E-state index contributed by atoms with van der Waals surface area (Å²) >= 11 is 0. The van der Waals surface area contributed by atoms with Crippen LogP contribution in [0.4, 0.5) is 0 Å². The number of piperidine rings is 1. The number of rotatable bonds is 5. The summed E-state index contributed by atoms with van der Waals surface area (Å²) in [6.07, 6.45) is 8.41. The van der Waals surface area contributed by atoms with Crippen LogP contribution in [0.15, 0.2) is 25.3 Å². The Bertz CT molecular complexity index is 564. The zero-order valence-corrected chi connectivity index (χ0v) is 19.1. The van der Waals surface area contributed by atoms with Gasteiger partial charge in [0, 0.05) is 18.0 Å². The van der Waals surface area contributed by atoms with Crippen LogP contribution in [-0.4, -0.2) is 57.0 Å². The maximum absolute atomic E-state index is 6.95. The Labute approximate surface area is 167 Å². The maximum atomic E-state index is 6.95. The molecule has 3 aliphatic rings. The van der Waals surface area contributed by atoms with Crippen molar-refractivity contribution in [1.29, 1.82) is 0 Å². The van der Waals surface area contributed by atoms with Crippen LogP contribution in [0.5, 0.6) is 0 Å². The lowest BCUT2D eigenvalue weighted by Gasteiger charge is -2.61. The Balaban J connectivity index is 1.93. The van der Waals surface area contributed by atoms with Crippen LogP contribution in [0.25, 0.3) is 0 Å². The van der Waals surface area contributed by atoms with Gasteiger partial charge in [0.25, 0.3) is 0 Å². The molecule has 0 amide bonds. The first-order chi connectivity index (χ1) is 12.6. The standard InChI is InChI=1S/C22H39NO3Si/c1-8-13-23-17-22(24-14-10-15-25-22)18-16-21(23,9-2)12-11-19(18)26-27(6,7)20(3,4)5/h8-9,18-19H,1-2,10-17H2,3-7H3/t18-,19?,21-/m1/s1. The molecule has 1 unspecified atom stereocenters. The van der Waals surface area contributed by atoms with E-state index in [1.165, 1.54) is 0 Å². The van der Waals surface area contributed by atoms with Gasteiger partial charge in [0.05, 0.1) is 25.9 Å². The molecular weight excluding hydrogens is 354 g/mol. The van der Waals surface area contributed by atoms with Gasteiger partial charge < -0.3 is 13.9 Å². The predicted octanol–water partition coefficient (Wildman–Crippen LogP) is 4.74. The fourth-order valence-electron chi connectivity index (χ4n) is 4.78. The number of ether oxygens (including phenoxy) is 2. The van der Waals surface area contributed by atoms with Crippen molar-refractivity contribution in [3.05, 3.63) is 25.3 Å². The van der Waals surface area contributed by atoms with Gasteiger partial charge in [-0.2, -0.15) is 0 Å². The average Bonchev–Trinajstić information content (AvgIpc) is 2.61. The van der Waals surface area contributed by atoms with Crippen molar-refractivity contribution in [2.24, 2.45) is 5.92 Å². The third kappa shape index (κ3) is 3.74. The minimum atomic E-state index is -1.86. The van der Waals surface area contributed by atoms with E-state index in [0.717, 1.165) is 52.0 Å².